The summed E-state index contributed by atoms with van der Waals surface area (Å²) in [5, 5.41) is 0. The molecule has 0 aliphatic carbocycles. The average molecular weight is 457 g/mol. The molecule has 0 bridgehead atoms. The lowest BCUT2D eigenvalue weighted by Gasteiger charge is -2.33. The van der Waals surface area contributed by atoms with Crippen LogP contribution in [-0.2, 0) is 10.0 Å². The van der Waals surface area contributed by atoms with Crippen molar-refractivity contribution in [3.05, 3.63) is 50.6 Å². The molecule has 0 saturated carbocycles. The van der Waals surface area contributed by atoms with E-state index < -0.39 is 10.0 Å². The summed E-state index contributed by atoms with van der Waals surface area (Å²) >= 11 is 4.70. The lowest BCUT2D eigenvalue weighted by Crippen LogP contribution is -2.50. The quantitative estimate of drug-likeness (QED) is 0.662. The van der Waals surface area contributed by atoms with Crippen molar-refractivity contribution in [3.63, 3.8) is 0 Å². The van der Waals surface area contributed by atoms with Crippen LogP contribution in [0.15, 0.2) is 45.1 Å². The number of piperazine rings is 1. The van der Waals surface area contributed by atoms with Gasteiger partial charge in [0.15, 0.2) is 5.78 Å². The van der Waals surface area contributed by atoms with Crippen molar-refractivity contribution < 1.29 is 18.0 Å². The van der Waals surface area contributed by atoms with Crippen LogP contribution >= 0.6 is 27.3 Å². The molecule has 26 heavy (non-hydrogen) atoms. The second kappa shape index (κ2) is 7.59. The highest BCUT2D eigenvalue weighted by Gasteiger charge is 2.30. The zero-order chi connectivity index (χ0) is 18.9. The molecule has 0 atom stereocenters. The summed E-state index contributed by atoms with van der Waals surface area (Å²) in [4.78, 5) is 26.2. The van der Waals surface area contributed by atoms with Crippen LogP contribution in [-0.4, -0.2) is 55.5 Å². The fraction of sp³-hybridized carbons (Fsp3) is 0.294. The maximum Gasteiger partial charge on any atom is 0.264 e. The third-order valence-corrected chi connectivity index (χ3v) is 7.73. The molecule has 0 N–H and O–H groups in total. The van der Waals surface area contributed by atoms with Gasteiger partial charge in [0, 0.05) is 31.7 Å². The largest absolute Gasteiger partial charge is 0.335 e. The van der Waals surface area contributed by atoms with Crippen LogP contribution in [0.2, 0.25) is 0 Å². The maximum atomic E-state index is 12.8. The van der Waals surface area contributed by atoms with Crippen LogP contribution in [0.1, 0.15) is 27.0 Å². The summed E-state index contributed by atoms with van der Waals surface area (Å²) in [6.45, 7) is 2.62. The average Bonchev–Trinajstić information content (AvgIpc) is 3.07. The smallest absolute Gasteiger partial charge is 0.264 e. The Bertz CT molecular complexity index is 930. The summed E-state index contributed by atoms with van der Waals surface area (Å²) in [5.74, 6) is -0.190. The van der Waals surface area contributed by atoms with Crippen molar-refractivity contribution in [2.45, 2.75) is 11.8 Å². The minimum Gasteiger partial charge on any atom is -0.335 e. The standard InChI is InChI=1S/C17H17BrN2O4S2/c1-12(21)13-2-4-14(5-3-13)26(23,24)20-10-8-19(9-11-20)17(22)15-6-7-16(18)25-15/h2-7H,8-11H2,1H3. The number of hydrogen-bond donors (Lipinski definition) is 0. The van der Waals surface area contributed by atoms with Crippen molar-refractivity contribution in [1.29, 1.82) is 0 Å². The number of rotatable bonds is 4. The van der Waals surface area contributed by atoms with Gasteiger partial charge in [-0.25, -0.2) is 8.42 Å². The van der Waals surface area contributed by atoms with E-state index in [0.29, 0.717) is 23.5 Å². The van der Waals surface area contributed by atoms with Gasteiger partial charge in [0.1, 0.15) is 0 Å². The Morgan fingerprint density at radius 3 is 2.12 bits per heavy atom. The Morgan fingerprint density at radius 1 is 1.00 bits per heavy atom. The molecular formula is C17H17BrN2O4S2. The van der Waals surface area contributed by atoms with E-state index in [0.717, 1.165) is 3.79 Å². The van der Waals surface area contributed by atoms with Gasteiger partial charge in [0.2, 0.25) is 10.0 Å². The zero-order valence-corrected chi connectivity index (χ0v) is 17.2. The summed E-state index contributed by atoms with van der Waals surface area (Å²) in [5.41, 5.74) is 0.474. The molecular weight excluding hydrogens is 440 g/mol. The molecule has 1 amide bonds. The molecule has 2 heterocycles. The molecule has 1 aromatic carbocycles. The molecule has 9 heteroatoms. The zero-order valence-electron chi connectivity index (χ0n) is 14.0. The van der Waals surface area contributed by atoms with E-state index in [4.69, 9.17) is 0 Å². The molecule has 2 aromatic rings. The molecule has 1 fully saturated rings. The number of nitrogens with zero attached hydrogens (tertiary/aromatic N) is 2. The fourth-order valence-corrected chi connectivity index (χ4v) is 5.50. The number of sulfonamides is 1. The van der Waals surface area contributed by atoms with Crippen LogP contribution in [0.4, 0.5) is 0 Å². The fourth-order valence-electron chi connectivity index (χ4n) is 2.73. The highest BCUT2D eigenvalue weighted by molar-refractivity contribution is 9.11. The highest BCUT2D eigenvalue weighted by atomic mass is 79.9. The van der Waals surface area contributed by atoms with Crippen LogP contribution < -0.4 is 0 Å². The van der Waals surface area contributed by atoms with E-state index in [9.17, 15) is 18.0 Å². The van der Waals surface area contributed by atoms with Gasteiger partial charge in [-0.2, -0.15) is 4.31 Å². The highest BCUT2D eigenvalue weighted by Crippen LogP contribution is 2.24. The number of ketones is 1. The number of Topliss-reactive ketones (excluding diaryl/α,β-unsaturated/α-hetero) is 1. The number of carbonyl (C=O) groups is 2. The van der Waals surface area contributed by atoms with E-state index >= 15 is 0 Å². The van der Waals surface area contributed by atoms with Crippen molar-refractivity contribution >= 4 is 49.0 Å². The topological polar surface area (TPSA) is 74.8 Å². The summed E-state index contributed by atoms with van der Waals surface area (Å²) in [6, 6.07) is 9.52. The number of halogens is 1. The van der Waals surface area contributed by atoms with Gasteiger partial charge >= 0.3 is 0 Å². The number of amides is 1. The lowest BCUT2D eigenvalue weighted by atomic mass is 10.2. The van der Waals surface area contributed by atoms with Crippen LogP contribution in [0.3, 0.4) is 0 Å². The second-order valence-corrected chi connectivity index (χ2v) is 10.3. The molecule has 3 rings (SSSR count). The van der Waals surface area contributed by atoms with E-state index in [1.165, 1.54) is 46.8 Å². The summed E-state index contributed by atoms with van der Waals surface area (Å²) < 4.78 is 27.8. The second-order valence-electron chi connectivity index (χ2n) is 5.88. The van der Waals surface area contributed by atoms with Crippen molar-refractivity contribution in [1.82, 2.24) is 9.21 Å². The molecule has 0 unspecified atom stereocenters. The molecule has 0 radical (unpaired) electrons. The predicted octanol–water partition coefficient (Wildman–Crippen LogP) is 2.86. The van der Waals surface area contributed by atoms with Crippen molar-refractivity contribution in [2.75, 3.05) is 26.2 Å². The molecule has 1 aliphatic rings. The van der Waals surface area contributed by atoms with Crippen LogP contribution in [0.25, 0.3) is 0 Å². The van der Waals surface area contributed by atoms with E-state index in [1.54, 1.807) is 11.0 Å². The van der Waals surface area contributed by atoms with Gasteiger partial charge < -0.3 is 4.90 Å². The van der Waals surface area contributed by atoms with Crippen molar-refractivity contribution in [3.8, 4) is 0 Å². The summed E-state index contributed by atoms with van der Waals surface area (Å²) in [6.07, 6.45) is 0. The first-order valence-electron chi connectivity index (χ1n) is 7.95. The molecule has 1 aromatic heterocycles. The SMILES string of the molecule is CC(=O)c1ccc(S(=O)(=O)N2CCN(C(=O)c3ccc(Br)s3)CC2)cc1. The van der Waals surface area contributed by atoms with Gasteiger partial charge in [-0.3, -0.25) is 9.59 Å². The third-order valence-electron chi connectivity index (χ3n) is 4.21. The normalized spacial score (nSPS) is 15.8. The predicted molar refractivity (Wildman–Crippen MR) is 103 cm³/mol. The molecule has 6 nitrogen and oxygen atoms in total. The van der Waals surface area contributed by atoms with Gasteiger partial charge in [-0.15, -0.1) is 11.3 Å². The molecule has 1 aliphatic heterocycles. The van der Waals surface area contributed by atoms with Gasteiger partial charge in [-0.05, 0) is 47.1 Å². The first kappa shape index (κ1) is 19.2. The minimum absolute atomic E-state index is 0.0800. The molecule has 138 valence electrons. The first-order valence-corrected chi connectivity index (χ1v) is 11.0. The number of thiophene rings is 1. The first-order chi connectivity index (χ1) is 12.3. The summed E-state index contributed by atoms with van der Waals surface area (Å²) in [7, 11) is -3.63. The Hall–Kier alpha value is -1.55. The van der Waals surface area contributed by atoms with Gasteiger partial charge in [-0.1, -0.05) is 12.1 Å². The molecule has 0 spiro atoms. The Morgan fingerprint density at radius 2 is 1.62 bits per heavy atom. The van der Waals surface area contributed by atoms with E-state index in [1.807, 2.05) is 6.07 Å². The van der Waals surface area contributed by atoms with E-state index in [2.05, 4.69) is 15.9 Å². The monoisotopic (exact) mass is 456 g/mol. The van der Waals surface area contributed by atoms with Crippen molar-refractivity contribution in [2.24, 2.45) is 0 Å². The van der Waals surface area contributed by atoms with Crippen LogP contribution in [0, 0.1) is 0 Å². The Labute approximate surface area is 164 Å². The number of hydrogen-bond acceptors (Lipinski definition) is 5. The maximum absolute atomic E-state index is 12.8. The minimum atomic E-state index is -3.63. The van der Waals surface area contributed by atoms with Gasteiger partial charge in [0.05, 0.1) is 13.6 Å². The van der Waals surface area contributed by atoms with Gasteiger partial charge in [0.25, 0.3) is 5.91 Å². The lowest BCUT2D eigenvalue weighted by molar-refractivity contribution is 0.0702. The molecule has 1 saturated heterocycles. The van der Waals surface area contributed by atoms with E-state index in [-0.39, 0.29) is 29.7 Å². The number of carbonyl (C=O) groups excluding carboxylic acids is 2. The Kier molecular flexibility index (Phi) is 5.61. The third kappa shape index (κ3) is 3.90. The van der Waals surface area contributed by atoms with Crippen LogP contribution in [0.5, 0.6) is 0 Å². The Balaban J connectivity index is 1.68. The number of benzene rings is 1.